The van der Waals surface area contributed by atoms with Crippen LogP contribution < -0.4 is 10.2 Å². The van der Waals surface area contributed by atoms with Crippen LogP contribution in [0.5, 0.6) is 0 Å². The van der Waals surface area contributed by atoms with Gasteiger partial charge in [0.1, 0.15) is 0 Å². The van der Waals surface area contributed by atoms with E-state index in [0.29, 0.717) is 17.1 Å². The van der Waals surface area contributed by atoms with Crippen LogP contribution in [0.3, 0.4) is 0 Å². The first kappa shape index (κ1) is 15.8. The molecule has 1 N–H and O–H groups in total. The summed E-state index contributed by atoms with van der Waals surface area (Å²) in [6.45, 7) is 3.13. The van der Waals surface area contributed by atoms with Crippen LogP contribution in [0, 0.1) is 0 Å². The van der Waals surface area contributed by atoms with Gasteiger partial charge in [-0.1, -0.05) is 41.9 Å². The predicted octanol–water partition coefficient (Wildman–Crippen LogP) is 3.36. The first-order chi connectivity index (χ1) is 11.2. The molecule has 1 aliphatic heterocycles. The second kappa shape index (κ2) is 7.49. The van der Waals surface area contributed by atoms with Gasteiger partial charge < -0.3 is 15.0 Å². The number of ether oxygens (including phenoxy) is 1. The first-order valence-corrected chi connectivity index (χ1v) is 8.06. The maximum Gasteiger partial charge on any atom is 0.228 e. The lowest BCUT2D eigenvalue weighted by molar-refractivity contribution is -0.115. The van der Waals surface area contributed by atoms with E-state index in [2.05, 4.69) is 10.2 Å². The molecule has 0 saturated carbocycles. The molecule has 4 nitrogen and oxygen atoms in total. The minimum absolute atomic E-state index is 0.0720. The smallest absolute Gasteiger partial charge is 0.228 e. The Morgan fingerprint density at radius 2 is 1.87 bits per heavy atom. The molecule has 1 amide bonds. The topological polar surface area (TPSA) is 41.6 Å². The van der Waals surface area contributed by atoms with Crippen LogP contribution in [0.4, 0.5) is 11.4 Å². The van der Waals surface area contributed by atoms with E-state index in [9.17, 15) is 4.79 Å². The van der Waals surface area contributed by atoms with Crippen molar-refractivity contribution in [1.29, 1.82) is 0 Å². The molecular weight excluding hydrogens is 312 g/mol. The fourth-order valence-electron chi connectivity index (χ4n) is 2.60. The highest BCUT2D eigenvalue weighted by Gasteiger charge is 2.14. The molecule has 1 saturated heterocycles. The van der Waals surface area contributed by atoms with Gasteiger partial charge in [-0.25, -0.2) is 0 Å². The minimum atomic E-state index is -0.0720. The van der Waals surface area contributed by atoms with Crippen LogP contribution in [0.25, 0.3) is 0 Å². The van der Waals surface area contributed by atoms with Crippen LogP contribution >= 0.6 is 11.6 Å². The maximum atomic E-state index is 12.2. The van der Waals surface area contributed by atoms with Crippen LogP contribution in [0.2, 0.25) is 5.02 Å². The number of amides is 1. The van der Waals surface area contributed by atoms with Crippen LogP contribution in [0.1, 0.15) is 5.56 Å². The zero-order valence-electron chi connectivity index (χ0n) is 12.8. The summed E-state index contributed by atoms with van der Waals surface area (Å²) in [6, 6.07) is 15.4. The van der Waals surface area contributed by atoms with Gasteiger partial charge in [0.25, 0.3) is 0 Å². The zero-order valence-corrected chi connectivity index (χ0v) is 13.6. The van der Waals surface area contributed by atoms with Gasteiger partial charge in [0.15, 0.2) is 0 Å². The van der Waals surface area contributed by atoms with E-state index in [1.165, 1.54) is 0 Å². The summed E-state index contributed by atoms with van der Waals surface area (Å²) in [7, 11) is 0. The van der Waals surface area contributed by atoms with Gasteiger partial charge in [-0.15, -0.1) is 0 Å². The molecule has 0 aliphatic carbocycles. The lowest BCUT2D eigenvalue weighted by Gasteiger charge is -2.29. The second-order valence-corrected chi connectivity index (χ2v) is 5.88. The summed E-state index contributed by atoms with van der Waals surface area (Å²) in [5.74, 6) is -0.0720. The molecule has 0 aromatic heterocycles. The molecule has 0 unspecified atom stereocenters. The predicted molar refractivity (Wildman–Crippen MR) is 93.3 cm³/mol. The van der Waals surface area contributed by atoms with E-state index in [0.717, 1.165) is 37.6 Å². The van der Waals surface area contributed by atoms with Gasteiger partial charge in [-0.05, 0) is 23.8 Å². The Balaban J connectivity index is 1.70. The quantitative estimate of drug-likeness (QED) is 0.934. The van der Waals surface area contributed by atoms with E-state index >= 15 is 0 Å². The SMILES string of the molecule is O=C(Cc1ccccc1)Nc1cc(N2CCOCC2)ccc1Cl. The summed E-state index contributed by atoms with van der Waals surface area (Å²) >= 11 is 6.22. The lowest BCUT2D eigenvalue weighted by Crippen LogP contribution is -2.36. The van der Waals surface area contributed by atoms with Crippen molar-refractivity contribution >= 4 is 28.9 Å². The number of morpholine rings is 1. The molecule has 23 heavy (non-hydrogen) atoms. The highest BCUT2D eigenvalue weighted by molar-refractivity contribution is 6.33. The van der Waals surface area contributed by atoms with E-state index in [4.69, 9.17) is 16.3 Å². The van der Waals surface area contributed by atoms with Gasteiger partial charge in [-0.2, -0.15) is 0 Å². The molecule has 2 aromatic carbocycles. The minimum Gasteiger partial charge on any atom is -0.378 e. The van der Waals surface area contributed by atoms with E-state index in [-0.39, 0.29) is 5.91 Å². The molecule has 0 bridgehead atoms. The first-order valence-electron chi connectivity index (χ1n) is 7.68. The maximum absolute atomic E-state index is 12.2. The van der Waals surface area contributed by atoms with Crippen LogP contribution in [0.15, 0.2) is 48.5 Å². The normalized spacial score (nSPS) is 14.6. The van der Waals surface area contributed by atoms with Crippen LogP contribution in [-0.4, -0.2) is 32.2 Å². The fourth-order valence-corrected chi connectivity index (χ4v) is 2.77. The van der Waals surface area contributed by atoms with Crippen molar-refractivity contribution in [1.82, 2.24) is 0 Å². The van der Waals surface area contributed by atoms with Crippen molar-refractivity contribution in [2.24, 2.45) is 0 Å². The molecule has 5 heteroatoms. The van der Waals surface area contributed by atoms with Gasteiger partial charge in [0, 0.05) is 18.8 Å². The monoisotopic (exact) mass is 330 g/mol. The second-order valence-electron chi connectivity index (χ2n) is 5.47. The number of anilines is 2. The van der Waals surface area contributed by atoms with Gasteiger partial charge >= 0.3 is 0 Å². The Kier molecular flexibility index (Phi) is 5.16. The average Bonchev–Trinajstić information content (AvgIpc) is 2.58. The third kappa shape index (κ3) is 4.24. The average molecular weight is 331 g/mol. The molecule has 1 fully saturated rings. The highest BCUT2D eigenvalue weighted by atomic mass is 35.5. The summed E-state index contributed by atoms with van der Waals surface area (Å²) in [6.07, 6.45) is 0.332. The molecule has 0 spiro atoms. The Hall–Kier alpha value is -2.04. The standard InChI is InChI=1S/C18H19ClN2O2/c19-16-7-6-15(21-8-10-23-11-9-21)13-17(16)20-18(22)12-14-4-2-1-3-5-14/h1-7,13H,8-12H2,(H,20,22). The number of carbonyl (C=O) groups excluding carboxylic acids is 1. The molecular formula is C18H19ClN2O2. The number of hydrogen-bond donors (Lipinski definition) is 1. The number of nitrogens with one attached hydrogen (secondary N) is 1. The van der Waals surface area contributed by atoms with Gasteiger partial charge in [0.2, 0.25) is 5.91 Å². The summed E-state index contributed by atoms with van der Waals surface area (Å²) in [5, 5.41) is 3.45. The van der Waals surface area contributed by atoms with Crippen molar-refractivity contribution in [2.75, 3.05) is 36.5 Å². The van der Waals surface area contributed by atoms with Crippen molar-refractivity contribution < 1.29 is 9.53 Å². The number of halogens is 1. The number of rotatable bonds is 4. The molecule has 2 aromatic rings. The molecule has 3 rings (SSSR count). The molecule has 0 radical (unpaired) electrons. The Morgan fingerprint density at radius 3 is 2.61 bits per heavy atom. The Labute approximate surface area is 141 Å². The summed E-state index contributed by atoms with van der Waals surface area (Å²) < 4.78 is 5.37. The third-order valence-corrected chi connectivity index (χ3v) is 4.14. The number of nitrogens with zero attached hydrogens (tertiary/aromatic N) is 1. The lowest BCUT2D eigenvalue weighted by atomic mass is 10.1. The van der Waals surface area contributed by atoms with Crippen molar-refractivity contribution in [3.63, 3.8) is 0 Å². The fraction of sp³-hybridized carbons (Fsp3) is 0.278. The largest absolute Gasteiger partial charge is 0.378 e. The summed E-state index contributed by atoms with van der Waals surface area (Å²) in [4.78, 5) is 14.4. The zero-order chi connectivity index (χ0) is 16.1. The Bertz CT molecular complexity index is 670. The number of benzene rings is 2. The Morgan fingerprint density at radius 1 is 1.13 bits per heavy atom. The molecule has 120 valence electrons. The molecule has 1 aliphatic rings. The van der Waals surface area contributed by atoms with Crippen molar-refractivity contribution in [2.45, 2.75) is 6.42 Å². The van der Waals surface area contributed by atoms with Crippen molar-refractivity contribution in [3.8, 4) is 0 Å². The number of carbonyl (C=O) groups is 1. The highest BCUT2D eigenvalue weighted by Crippen LogP contribution is 2.28. The van der Waals surface area contributed by atoms with Gasteiger partial charge in [-0.3, -0.25) is 4.79 Å². The molecule has 1 heterocycles. The van der Waals surface area contributed by atoms with Crippen molar-refractivity contribution in [3.05, 3.63) is 59.1 Å². The molecule has 0 atom stereocenters. The summed E-state index contributed by atoms with van der Waals surface area (Å²) in [5.41, 5.74) is 2.68. The van der Waals surface area contributed by atoms with E-state index in [1.54, 1.807) is 0 Å². The number of hydrogen-bond acceptors (Lipinski definition) is 3. The van der Waals surface area contributed by atoms with Gasteiger partial charge in [0.05, 0.1) is 30.3 Å². The van der Waals surface area contributed by atoms with E-state index < -0.39 is 0 Å². The third-order valence-electron chi connectivity index (χ3n) is 3.81. The van der Waals surface area contributed by atoms with E-state index in [1.807, 2.05) is 48.5 Å². The van der Waals surface area contributed by atoms with Crippen LogP contribution in [-0.2, 0) is 16.0 Å².